The van der Waals surface area contributed by atoms with Gasteiger partial charge in [-0.05, 0) is 51.5 Å². The van der Waals surface area contributed by atoms with Crippen molar-refractivity contribution in [1.82, 2.24) is 15.1 Å². The minimum Gasteiger partial charge on any atom is -0.447 e. The lowest BCUT2D eigenvalue weighted by Crippen LogP contribution is -2.52. The van der Waals surface area contributed by atoms with Crippen molar-refractivity contribution in [2.45, 2.75) is 81.4 Å². The minimum absolute atomic E-state index is 0.0985. The zero-order chi connectivity index (χ0) is 28.4. The normalized spacial score (nSPS) is 25.3. The van der Waals surface area contributed by atoms with Crippen LogP contribution in [0.25, 0.3) is 4.85 Å². The molecular formula is C27H35BF2N4O5. The van der Waals surface area contributed by atoms with Crippen molar-refractivity contribution < 1.29 is 33.2 Å². The van der Waals surface area contributed by atoms with Crippen molar-refractivity contribution in [3.8, 4) is 0 Å². The Bertz CT molecular complexity index is 1130. The molecule has 3 heterocycles. The van der Waals surface area contributed by atoms with Gasteiger partial charge in [-0.1, -0.05) is 36.4 Å². The molecule has 0 aromatic heterocycles. The van der Waals surface area contributed by atoms with E-state index in [0.717, 1.165) is 5.56 Å². The molecule has 39 heavy (non-hydrogen) atoms. The highest BCUT2D eigenvalue weighted by atomic mass is 19.3. The van der Waals surface area contributed by atoms with E-state index in [9.17, 15) is 28.4 Å². The Morgan fingerprint density at radius 3 is 2.49 bits per heavy atom. The van der Waals surface area contributed by atoms with Gasteiger partial charge in [0.05, 0.1) is 24.6 Å². The van der Waals surface area contributed by atoms with Crippen molar-refractivity contribution in [1.29, 1.82) is 0 Å². The van der Waals surface area contributed by atoms with Gasteiger partial charge in [0.25, 0.3) is 11.8 Å². The molecule has 3 aliphatic rings. The summed E-state index contributed by atoms with van der Waals surface area (Å²) in [5, 5.41) is 22.0. The van der Waals surface area contributed by atoms with E-state index in [1.54, 1.807) is 35.8 Å². The number of nitrogens with zero attached hydrogens (tertiary/aromatic N) is 3. The molecule has 12 heteroatoms. The first-order valence-electron chi connectivity index (χ1n) is 13.3. The molecule has 1 aromatic carbocycles. The van der Waals surface area contributed by atoms with Crippen LogP contribution in [0, 0.1) is 6.57 Å². The van der Waals surface area contributed by atoms with E-state index in [4.69, 9.17) is 11.3 Å². The number of carbonyl (C=O) groups excluding carboxylic acids is 2. The highest BCUT2D eigenvalue weighted by Gasteiger charge is 2.55. The highest BCUT2D eigenvalue weighted by molar-refractivity contribution is 6.43. The van der Waals surface area contributed by atoms with Gasteiger partial charge in [-0.25, -0.2) is 18.4 Å². The molecule has 0 unspecified atom stereocenters. The summed E-state index contributed by atoms with van der Waals surface area (Å²) in [6.45, 7) is 10.8. The second-order valence-corrected chi connectivity index (χ2v) is 11.4. The smallest absolute Gasteiger partial charge is 0.447 e. The molecule has 1 atom stereocenters. The SMILES string of the molecule is [C-]#[N+]C(=CC(C)(C)N1CCC(F)(F)C1)C(=O)N1C2CCC1(COC(=O)N[C@@H](Cc1ccccc1)B(O)O)CC2. The summed E-state index contributed by atoms with van der Waals surface area (Å²) in [4.78, 5) is 33.0. The molecule has 0 saturated carbocycles. The number of alkyl carbamates (subject to hydrolysis) is 1. The number of hydrogen-bond donors (Lipinski definition) is 3. The molecular weight excluding hydrogens is 509 g/mol. The minimum atomic E-state index is -2.80. The molecule has 0 radical (unpaired) electrons. The molecule has 210 valence electrons. The Kier molecular flexibility index (Phi) is 8.35. The summed E-state index contributed by atoms with van der Waals surface area (Å²) in [5.74, 6) is -4.28. The Morgan fingerprint density at radius 1 is 1.26 bits per heavy atom. The predicted octanol–water partition coefficient (Wildman–Crippen LogP) is 2.78. The summed E-state index contributed by atoms with van der Waals surface area (Å²) < 4.78 is 33.1. The van der Waals surface area contributed by atoms with Gasteiger partial charge in [-0.3, -0.25) is 9.69 Å². The summed E-state index contributed by atoms with van der Waals surface area (Å²) in [5.41, 5.74) is -1.03. The van der Waals surface area contributed by atoms with Gasteiger partial charge in [0.1, 0.15) is 6.61 Å². The number of hydrogen-bond acceptors (Lipinski definition) is 6. The summed E-state index contributed by atoms with van der Waals surface area (Å²) in [6, 6.07) is 8.96. The van der Waals surface area contributed by atoms with Gasteiger partial charge < -0.3 is 25.0 Å². The maximum absolute atomic E-state index is 13.8. The van der Waals surface area contributed by atoms with Crippen LogP contribution in [0.15, 0.2) is 42.1 Å². The van der Waals surface area contributed by atoms with Gasteiger partial charge in [-0.2, -0.15) is 0 Å². The zero-order valence-corrected chi connectivity index (χ0v) is 22.3. The van der Waals surface area contributed by atoms with E-state index in [0.29, 0.717) is 25.7 Å². The van der Waals surface area contributed by atoms with Crippen LogP contribution in [-0.4, -0.2) is 87.6 Å². The molecule has 3 fully saturated rings. The highest BCUT2D eigenvalue weighted by Crippen LogP contribution is 2.47. The maximum Gasteiger partial charge on any atom is 0.475 e. The van der Waals surface area contributed by atoms with Crippen LogP contribution in [0.3, 0.4) is 0 Å². The fraction of sp³-hybridized carbons (Fsp3) is 0.593. The van der Waals surface area contributed by atoms with Crippen molar-refractivity contribution in [2.75, 3.05) is 19.7 Å². The Balaban J connectivity index is 1.43. The molecule has 3 aliphatic heterocycles. The molecule has 2 amide bonds. The number of halogens is 2. The van der Waals surface area contributed by atoms with Gasteiger partial charge in [0.15, 0.2) is 0 Å². The first-order valence-corrected chi connectivity index (χ1v) is 13.3. The fourth-order valence-corrected chi connectivity index (χ4v) is 6.03. The van der Waals surface area contributed by atoms with Crippen molar-refractivity contribution >= 4 is 19.1 Å². The van der Waals surface area contributed by atoms with Gasteiger partial charge in [0.2, 0.25) is 5.70 Å². The number of nitrogens with one attached hydrogen (secondary N) is 1. The maximum atomic E-state index is 13.8. The number of alkyl halides is 2. The van der Waals surface area contributed by atoms with Crippen molar-refractivity contribution in [3.63, 3.8) is 0 Å². The topological polar surface area (TPSA) is 107 Å². The monoisotopic (exact) mass is 544 g/mol. The molecule has 0 spiro atoms. The van der Waals surface area contributed by atoms with Gasteiger partial charge in [0, 0.05) is 24.5 Å². The van der Waals surface area contributed by atoms with Crippen LogP contribution in [0.4, 0.5) is 13.6 Å². The van der Waals surface area contributed by atoms with Gasteiger partial charge in [-0.15, -0.1) is 0 Å². The predicted molar refractivity (Wildman–Crippen MR) is 140 cm³/mol. The lowest BCUT2D eigenvalue weighted by molar-refractivity contribution is -0.132. The van der Waals surface area contributed by atoms with Crippen molar-refractivity contribution in [3.05, 3.63) is 59.1 Å². The van der Waals surface area contributed by atoms with Crippen LogP contribution >= 0.6 is 0 Å². The largest absolute Gasteiger partial charge is 0.475 e. The van der Waals surface area contributed by atoms with E-state index in [1.807, 2.05) is 18.2 Å². The molecule has 9 nitrogen and oxygen atoms in total. The van der Waals surface area contributed by atoms with E-state index < -0.39 is 48.6 Å². The number of likely N-dealkylation sites (tertiary alicyclic amines) is 1. The number of amides is 2. The standard InChI is InChI=1S/C27H35BF2N4O5/c1-25(2,33-14-13-27(29,30)17-33)16-21(31-3)23(35)34-20-9-11-26(34,12-10-20)18-39-24(36)32-22(28(37)38)15-19-7-5-4-6-8-19/h4-8,16,20,22,37-38H,9-15,17-18H2,1-2H3,(H,32,36)/t20?,22-,26?/m0/s1. The second-order valence-electron chi connectivity index (χ2n) is 11.4. The Labute approximate surface area is 227 Å². The van der Waals surface area contributed by atoms with Crippen molar-refractivity contribution in [2.24, 2.45) is 0 Å². The third kappa shape index (κ3) is 6.43. The fourth-order valence-electron chi connectivity index (χ4n) is 6.03. The van der Waals surface area contributed by atoms with Crippen LogP contribution in [0.1, 0.15) is 51.5 Å². The van der Waals surface area contributed by atoms with Crippen LogP contribution in [0.5, 0.6) is 0 Å². The number of benzene rings is 1. The number of carbonyl (C=O) groups is 2. The van der Waals surface area contributed by atoms with E-state index in [-0.39, 0.29) is 37.7 Å². The third-order valence-corrected chi connectivity index (χ3v) is 8.23. The number of fused-ring (bicyclic) bond motifs is 2. The third-order valence-electron chi connectivity index (χ3n) is 8.23. The lowest BCUT2D eigenvalue weighted by Gasteiger charge is -2.36. The zero-order valence-electron chi connectivity index (χ0n) is 22.3. The van der Waals surface area contributed by atoms with Gasteiger partial charge >= 0.3 is 13.2 Å². The molecule has 1 aromatic rings. The average Bonchev–Trinajstić information content (AvgIpc) is 3.57. The van der Waals surface area contributed by atoms with E-state index in [1.165, 1.54) is 6.08 Å². The average molecular weight is 544 g/mol. The Hall–Kier alpha value is -3.01. The molecule has 0 aliphatic carbocycles. The van der Waals surface area contributed by atoms with Crippen LogP contribution in [-0.2, 0) is 16.0 Å². The summed E-state index contributed by atoms with van der Waals surface area (Å²) in [6.07, 6.45) is 3.16. The first kappa shape index (κ1) is 29.0. The molecule has 2 bridgehead atoms. The lowest BCUT2D eigenvalue weighted by atomic mass is 9.76. The quantitative estimate of drug-likeness (QED) is 0.251. The summed E-state index contributed by atoms with van der Waals surface area (Å²) in [7, 11) is -1.80. The Morgan fingerprint density at radius 2 is 1.92 bits per heavy atom. The first-order chi connectivity index (χ1) is 18.4. The van der Waals surface area contributed by atoms with Crippen LogP contribution in [0.2, 0.25) is 0 Å². The second kappa shape index (κ2) is 11.2. The van der Waals surface area contributed by atoms with E-state index in [2.05, 4.69) is 10.2 Å². The molecule has 3 saturated heterocycles. The van der Waals surface area contributed by atoms with E-state index >= 15 is 0 Å². The molecule has 4 rings (SSSR count). The van der Waals surface area contributed by atoms with Crippen LogP contribution < -0.4 is 5.32 Å². The summed E-state index contributed by atoms with van der Waals surface area (Å²) >= 11 is 0. The molecule has 3 N–H and O–H groups in total. The number of ether oxygens (including phenoxy) is 1. The number of rotatable bonds is 9.